The van der Waals surface area contributed by atoms with Gasteiger partial charge in [0.2, 0.25) is 5.91 Å². The van der Waals surface area contributed by atoms with Gasteiger partial charge in [-0.25, -0.2) is 4.57 Å². The second-order valence-corrected chi connectivity index (χ2v) is 24.9. The molecule has 3 aliphatic rings. The van der Waals surface area contributed by atoms with Crippen LogP contribution >= 0.6 is 23.0 Å². The van der Waals surface area contributed by atoms with Crippen molar-refractivity contribution < 1.29 is 90.1 Å². The highest BCUT2D eigenvalue weighted by molar-refractivity contribution is 7.53. The molecule has 0 radical (unpaired) electrons. The van der Waals surface area contributed by atoms with E-state index in [-0.39, 0.29) is 37.7 Å². The van der Waals surface area contributed by atoms with E-state index in [9.17, 15) is 57.6 Å². The number of amides is 1. The van der Waals surface area contributed by atoms with Gasteiger partial charge < -0.3 is 58.0 Å². The SMILES string of the molecule is CCCCC[C@H](CC(=O)N[C@H]1[C@H](OCCCC)O[C@H](COC(=O)C2CCC(C3CCC(C(=O)O)CC3)CC2)[C@@H](OP(=O)(O)O)[C@@H]1OC(=O)C[C@@H](CCCCC)OP(=O)(O)CCCC)OP(=O)(O)CCCC. The van der Waals surface area contributed by atoms with Crippen LogP contribution in [-0.4, -0.2) is 117 Å². The molecule has 0 aromatic carbocycles. The van der Waals surface area contributed by atoms with Crippen molar-refractivity contribution in [3.05, 3.63) is 0 Å². The monoisotopic (exact) mass is 1080 g/mol. The molecule has 6 N–H and O–H groups in total. The Bertz CT molecular complexity index is 1730. The lowest BCUT2D eigenvalue weighted by Crippen LogP contribution is -2.66. The van der Waals surface area contributed by atoms with Crippen LogP contribution in [0.25, 0.3) is 0 Å². The van der Waals surface area contributed by atoms with E-state index in [1.807, 2.05) is 34.6 Å². The molecule has 1 saturated heterocycles. The van der Waals surface area contributed by atoms with E-state index in [0.29, 0.717) is 88.9 Å². The summed E-state index contributed by atoms with van der Waals surface area (Å²) < 4.78 is 80.2. The average Bonchev–Trinajstić information content (AvgIpc) is 3.30. The number of phosphoric ester groups is 1. The maximum atomic E-state index is 14.2. The Kier molecular flexibility index (Phi) is 29.2. The summed E-state index contributed by atoms with van der Waals surface area (Å²) in [7, 11) is -13.8. The number of carboxylic acid groups (broad SMARTS) is 1. The summed E-state index contributed by atoms with van der Waals surface area (Å²) in [6.45, 7) is 8.99. The van der Waals surface area contributed by atoms with Crippen LogP contribution in [0.1, 0.15) is 189 Å². The number of unbranched alkanes of at least 4 members (excludes halogenated alkanes) is 7. The molecular formula is C48H88NO19P3. The van der Waals surface area contributed by atoms with Crippen molar-refractivity contribution in [1.82, 2.24) is 5.32 Å². The largest absolute Gasteiger partial charge is 0.481 e. The standard InChI is InChI=1S/C48H88NO19P3/c1-6-11-16-18-38(66-69(55,56)29-14-9-4)31-41(50)49-43-45(65-42(51)32-39(19-17-12-7-2)67-70(57,58)30-15-10-5)44(68-71(59,60)61)40(64-48(43)62-28-13-8-3)33-63-47(54)37-26-22-35(23-27-37)34-20-24-36(25-21-34)46(52)53/h34-40,43-45,48H,6-33H2,1-5H3,(H,49,50)(H,52,53)(H,55,56)(H,57,58)(H2,59,60,61)/t34?,35?,36?,37?,38-,39-,40-,43-,44-,45-,48-/m1/s1. The van der Waals surface area contributed by atoms with Gasteiger partial charge >= 0.3 is 40.9 Å². The number of nitrogens with one attached hydrogen (secondary N) is 1. The third-order valence-corrected chi connectivity index (χ3v) is 17.4. The Morgan fingerprint density at radius 2 is 1.13 bits per heavy atom. The van der Waals surface area contributed by atoms with Gasteiger partial charge in [0.15, 0.2) is 12.4 Å². The minimum Gasteiger partial charge on any atom is -0.481 e. The van der Waals surface area contributed by atoms with Gasteiger partial charge in [-0.05, 0) is 95.3 Å². The van der Waals surface area contributed by atoms with Gasteiger partial charge in [0.05, 0.1) is 36.9 Å². The number of carboxylic acids is 1. The first kappa shape index (κ1) is 63.5. The molecule has 2 unspecified atom stereocenters. The molecule has 23 heteroatoms. The summed E-state index contributed by atoms with van der Waals surface area (Å²) in [5.41, 5.74) is 0. The molecular weight excluding hydrogens is 987 g/mol. The van der Waals surface area contributed by atoms with E-state index in [0.717, 1.165) is 51.4 Å². The second-order valence-electron chi connectivity index (χ2n) is 19.9. The summed E-state index contributed by atoms with van der Waals surface area (Å²) >= 11 is 0. The van der Waals surface area contributed by atoms with Gasteiger partial charge in [0.1, 0.15) is 24.9 Å². The van der Waals surface area contributed by atoms with Crippen molar-refractivity contribution in [2.75, 3.05) is 25.5 Å². The van der Waals surface area contributed by atoms with Crippen LogP contribution in [-0.2, 0) is 65.4 Å². The molecule has 3 fully saturated rings. The van der Waals surface area contributed by atoms with Crippen LogP contribution in [0, 0.1) is 23.7 Å². The molecule has 414 valence electrons. The fourth-order valence-electron chi connectivity index (χ4n) is 9.80. The second kappa shape index (κ2) is 32.6. The Morgan fingerprint density at radius 1 is 0.634 bits per heavy atom. The third kappa shape index (κ3) is 24.2. The molecule has 71 heavy (non-hydrogen) atoms. The lowest BCUT2D eigenvalue weighted by Gasteiger charge is -2.45. The molecule has 1 heterocycles. The topological polar surface area (TPSA) is 297 Å². The van der Waals surface area contributed by atoms with Crippen molar-refractivity contribution in [2.24, 2.45) is 23.7 Å². The molecule has 9 atom stereocenters. The van der Waals surface area contributed by atoms with Crippen LogP contribution in [0.4, 0.5) is 0 Å². The maximum Gasteiger partial charge on any atom is 0.470 e. The number of hydrogen-bond acceptors (Lipinski definition) is 14. The third-order valence-electron chi connectivity index (χ3n) is 13.8. The summed E-state index contributed by atoms with van der Waals surface area (Å²) in [6.07, 6.45) is 3.22. The lowest BCUT2D eigenvalue weighted by molar-refractivity contribution is -0.272. The molecule has 2 saturated carbocycles. The molecule has 0 spiro atoms. The number of ether oxygens (including phenoxy) is 4. The normalized spacial score (nSPS) is 27.6. The molecule has 1 aliphatic heterocycles. The highest BCUT2D eigenvalue weighted by atomic mass is 31.2. The predicted molar refractivity (Wildman–Crippen MR) is 264 cm³/mol. The van der Waals surface area contributed by atoms with E-state index < -0.39 is 115 Å². The number of hydrogen-bond donors (Lipinski definition) is 6. The van der Waals surface area contributed by atoms with Crippen LogP contribution in [0.2, 0.25) is 0 Å². The van der Waals surface area contributed by atoms with Crippen molar-refractivity contribution in [3.63, 3.8) is 0 Å². The first-order chi connectivity index (χ1) is 33.6. The zero-order chi connectivity index (χ0) is 52.6. The number of carbonyl (C=O) groups excluding carboxylic acids is 3. The Balaban J connectivity index is 1.99. The van der Waals surface area contributed by atoms with Crippen LogP contribution < -0.4 is 5.32 Å². The van der Waals surface area contributed by atoms with E-state index in [1.165, 1.54) is 0 Å². The number of phosphoric acid groups is 1. The summed E-state index contributed by atoms with van der Waals surface area (Å²) in [4.78, 5) is 95.8. The van der Waals surface area contributed by atoms with Gasteiger partial charge in [0.25, 0.3) is 0 Å². The first-order valence-electron chi connectivity index (χ1n) is 26.5. The minimum atomic E-state index is -5.49. The van der Waals surface area contributed by atoms with E-state index >= 15 is 0 Å². The van der Waals surface area contributed by atoms with Crippen LogP contribution in [0.5, 0.6) is 0 Å². The van der Waals surface area contributed by atoms with E-state index in [4.69, 9.17) is 32.5 Å². The number of esters is 2. The van der Waals surface area contributed by atoms with Crippen LogP contribution in [0.3, 0.4) is 0 Å². The van der Waals surface area contributed by atoms with Crippen molar-refractivity contribution >= 4 is 46.8 Å². The Labute approximate surface area is 421 Å². The summed E-state index contributed by atoms with van der Waals surface area (Å²) in [5, 5.41) is 12.2. The van der Waals surface area contributed by atoms with E-state index in [1.54, 1.807) is 0 Å². The highest BCUT2D eigenvalue weighted by Crippen LogP contribution is 2.48. The van der Waals surface area contributed by atoms with Crippen molar-refractivity contribution in [1.29, 1.82) is 0 Å². The highest BCUT2D eigenvalue weighted by Gasteiger charge is 2.53. The molecule has 2 aliphatic carbocycles. The zero-order valence-electron chi connectivity index (χ0n) is 42.9. The quantitative estimate of drug-likeness (QED) is 0.0196. The number of carbonyl (C=O) groups is 4. The van der Waals surface area contributed by atoms with E-state index in [2.05, 4.69) is 5.32 Å². The fraction of sp³-hybridized carbons (Fsp3) is 0.917. The van der Waals surface area contributed by atoms with Gasteiger partial charge in [-0.3, -0.25) is 32.8 Å². The average molecular weight is 1080 g/mol. The molecule has 0 aromatic heterocycles. The van der Waals surface area contributed by atoms with Gasteiger partial charge in [-0.2, -0.15) is 0 Å². The zero-order valence-corrected chi connectivity index (χ0v) is 45.6. The van der Waals surface area contributed by atoms with Gasteiger partial charge in [0, 0.05) is 18.9 Å². The van der Waals surface area contributed by atoms with Gasteiger partial charge in [-0.1, -0.05) is 92.4 Å². The van der Waals surface area contributed by atoms with Gasteiger partial charge in [-0.15, -0.1) is 0 Å². The number of rotatable bonds is 35. The van der Waals surface area contributed by atoms with Crippen molar-refractivity contribution in [3.8, 4) is 0 Å². The predicted octanol–water partition coefficient (Wildman–Crippen LogP) is 9.33. The fourth-order valence-corrected chi connectivity index (χ4v) is 13.3. The molecule has 3 rings (SSSR count). The minimum absolute atomic E-state index is 0.0523. The molecule has 20 nitrogen and oxygen atoms in total. The van der Waals surface area contributed by atoms with Crippen LogP contribution in [0.15, 0.2) is 0 Å². The molecule has 0 bridgehead atoms. The smallest absolute Gasteiger partial charge is 0.470 e. The summed E-state index contributed by atoms with van der Waals surface area (Å²) in [6, 6.07) is -1.54. The number of aliphatic carboxylic acids is 1. The lowest BCUT2D eigenvalue weighted by atomic mass is 9.69. The maximum absolute atomic E-state index is 14.2. The first-order valence-corrected chi connectivity index (χ1v) is 31.6. The molecule has 0 aromatic rings. The van der Waals surface area contributed by atoms with Crippen molar-refractivity contribution in [2.45, 2.75) is 232 Å². The molecule has 1 amide bonds. The summed E-state index contributed by atoms with van der Waals surface area (Å²) in [5.74, 6) is -3.26. The Morgan fingerprint density at radius 3 is 1.61 bits per heavy atom. The Hall–Kier alpha value is -1.79.